The molecule has 0 aliphatic carbocycles. The Morgan fingerprint density at radius 3 is 2.57 bits per heavy atom. The molecule has 0 saturated heterocycles. The first kappa shape index (κ1) is 14.0. The van der Waals surface area contributed by atoms with E-state index in [2.05, 4.69) is 17.2 Å². The first-order valence-corrected chi connectivity index (χ1v) is 6.79. The van der Waals surface area contributed by atoms with Gasteiger partial charge in [-0.05, 0) is 29.5 Å². The number of hydrogen-bond donors (Lipinski definition) is 2. The van der Waals surface area contributed by atoms with E-state index in [0.717, 1.165) is 17.8 Å². The van der Waals surface area contributed by atoms with Crippen LogP contribution in [0.5, 0.6) is 0 Å². The maximum atomic E-state index is 13.1. The smallest absolute Gasteiger partial charge is 0.384 e. The van der Waals surface area contributed by atoms with Gasteiger partial charge in [0.25, 0.3) is 0 Å². The summed E-state index contributed by atoms with van der Waals surface area (Å²) in [6, 6.07) is 3.78. The summed E-state index contributed by atoms with van der Waals surface area (Å²) in [6.45, 7) is 4.83. The van der Waals surface area contributed by atoms with Crippen molar-refractivity contribution in [2.75, 3.05) is 11.9 Å². The van der Waals surface area contributed by atoms with Gasteiger partial charge < -0.3 is 10.3 Å². The Labute approximate surface area is 119 Å². The molecule has 0 bridgehead atoms. The topological polar surface area (TPSA) is 44.9 Å². The second kappa shape index (κ2) is 4.51. The minimum atomic E-state index is -4.54. The fourth-order valence-corrected chi connectivity index (χ4v) is 2.84. The van der Waals surface area contributed by atoms with Crippen LogP contribution in [0.2, 0.25) is 0 Å². The normalized spacial score (nSPS) is 22.0. The van der Waals surface area contributed by atoms with Crippen LogP contribution in [0, 0.1) is 5.92 Å². The highest BCUT2D eigenvalue weighted by Crippen LogP contribution is 2.40. The fourth-order valence-electron chi connectivity index (χ4n) is 2.84. The first-order chi connectivity index (χ1) is 9.77. The van der Waals surface area contributed by atoms with E-state index in [0.29, 0.717) is 12.0 Å². The van der Waals surface area contributed by atoms with Crippen LogP contribution in [0.1, 0.15) is 30.9 Å². The summed E-state index contributed by atoms with van der Waals surface area (Å²) in [5, 5.41) is 3.25. The molecule has 1 aliphatic heterocycles. The molecule has 3 rings (SSSR count). The fraction of sp³-hybridized carbons (Fsp3) is 0.400. The van der Waals surface area contributed by atoms with Crippen molar-refractivity contribution in [3.63, 3.8) is 0 Å². The van der Waals surface area contributed by atoms with Gasteiger partial charge in [0.2, 0.25) is 5.56 Å². The second-order valence-electron chi connectivity index (χ2n) is 5.68. The molecule has 0 unspecified atom stereocenters. The molecule has 0 amide bonds. The van der Waals surface area contributed by atoms with Crippen molar-refractivity contribution in [3.05, 3.63) is 39.7 Å². The monoisotopic (exact) mass is 296 g/mol. The number of nitrogens with one attached hydrogen (secondary N) is 2. The summed E-state index contributed by atoms with van der Waals surface area (Å²) in [5.41, 5.74) is 0.242. The van der Waals surface area contributed by atoms with Gasteiger partial charge in [0.05, 0.1) is 11.1 Å². The highest BCUT2D eigenvalue weighted by atomic mass is 19.4. The quantitative estimate of drug-likeness (QED) is 0.778. The van der Waals surface area contributed by atoms with Gasteiger partial charge in [0, 0.05) is 23.7 Å². The van der Waals surface area contributed by atoms with Crippen molar-refractivity contribution in [1.82, 2.24) is 4.98 Å². The third-order valence-corrected chi connectivity index (χ3v) is 4.28. The first-order valence-electron chi connectivity index (χ1n) is 6.79. The minimum Gasteiger partial charge on any atom is -0.384 e. The van der Waals surface area contributed by atoms with Crippen molar-refractivity contribution < 1.29 is 13.2 Å². The van der Waals surface area contributed by atoms with Crippen molar-refractivity contribution in [1.29, 1.82) is 0 Å². The van der Waals surface area contributed by atoms with Crippen molar-refractivity contribution in [3.8, 4) is 0 Å². The molecule has 2 N–H and O–H groups in total. The van der Waals surface area contributed by atoms with Crippen LogP contribution >= 0.6 is 0 Å². The predicted molar refractivity (Wildman–Crippen MR) is 75.6 cm³/mol. The number of aromatic nitrogens is 1. The van der Waals surface area contributed by atoms with Crippen LogP contribution in [0.25, 0.3) is 10.9 Å². The van der Waals surface area contributed by atoms with E-state index in [4.69, 9.17) is 0 Å². The SMILES string of the molecule is C[C@@H]1CNc2cc3[nH]c(=O)cc(C(F)(F)F)c3cc2[C@@H]1C. The Balaban J connectivity index is 2.34. The maximum Gasteiger partial charge on any atom is 0.417 e. The van der Waals surface area contributed by atoms with E-state index in [1.807, 2.05) is 6.92 Å². The molecule has 1 aromatic heterocycles. The number of benzene rings is 1. The summed E-state index contributed by atoms with van der Waals surface area (Å²) in [6.07, 6.45) is -4.54. The molecular formula is C15H15F3N2O. The van der Waals surface area contributed by atoms with Gasteiger partial charge >= 0.3 is 6.18 Å². The van der Waals surface area contributed by atoms with Crippen LogP contribution in [0.4, 0.5) is 18.9 Å². The molecule has 0 fully saturated rings. The lowest BCUT2D eigenvalue weighted by molar-refractivity contribution is -0.136. The van der Waals surface area contributed by atoms with Crippen LogP contribution in [0.3, 0.4) is 0 Å². The predicted octanol–water partition coefficient (Wildman–Crippen LogP) is 3.71. The van der Waals surface area contributed by atoms with Gasteiger partial charge in [0.15, 0.2) is 0 Å². The largest absolute Gasteiger partial charge is 0.417 e. The maximum absolute atomic E-state index is 13.1. The standard InChI is InChI=1S/C15H15F3N2O/c1-7-6-19-12-5-13-10(3-9(12)8(7)2)11(15(16,17)18)4-14(21)20-13/h3-5,7-8,19H,6H2,1-2H3,(H,20,21)/t7-,8-/m1/s1. The zero-order chi connectivity index (χ0) is 15.4. The zero-order valence-corrected chi connectivity index (χ0v) is 11.6. The summed E-state index contributed by atoms with van der Waals surface area (Å²) < 4.78 is 39.4. The molecule has 1 aromatic carbocycles. The Morgan fingerprint density at radius 1 is 1.19 bits per heavy atom. The lowest BCUT2D eigenvalue weighted by atomic mass is 9.83. The molecular weight excluding hydrogens is 281 g/mol. The van der Waals surface area contributed by atoms with Crippen LogP contribution < -0.4 is 10.9 Å². The molecule has 0 spiro atoms. The number of aromatic amines is 1. The molecule has 3 nitrogen and oxygen atoms in total. The van der Waals surface area contributed by atoms with Crippen molar-refractivity contribution >= 4 is 16.6 Å². The van der Waals surface area contributed by atoms with Gasteiger partial charge in [-0.15, -0.1) is 0 Å². The molecule has 2 atom stereocenters. The summed E-state index contributed by atoms with van der Waals surface area (Å²) in [4.78, 5) is 13.9. The molecule has 0 saturated carbocycles. The van der Waals surface area contributed by atoms with E-state index < -0.39 is 17.3 Å². The summed E-state index contributed by atoms with van der Waals surface area (Å²) in [5.74, 6) is 0.505. The van der Waals surface area contributed by atoms with Gasteiger partial charge in [-0.2, -0.15) is 13.2 Å². The minimum absolute atomic E-state index is 0.0450. The molecule has 112 valence electrons. The van der Waals surface area contributed by atoms with Crippen LogP contribution in [0.15, 0.2) is 23.0 Å². The van der Waals surface area contributed by atoms with Crippen molar-refractivity contribution in [2.45, 2.75) is 25.9 Å². The highest BCUT2D eigenvalue weighted by molar-refractivity contribution is 5.87. The number of anilines is 1. The number of rotatable bonds is 0. The van der Waals surface area contributed by atoms with Crippen LogP contribution in [-0.2, 0) is 6.18 Å². The average molecular weight is 296 g/mol. The molecule has 21 heavy (non-hydrogen) atoms. The Bertz CT molecular complexity index is 764. The van der Waals surface area contributed by atoms with Crippen molar-refractivity contribution in [2.24, 2.45) is 5.92 Å². The van der Waals surface area contributed by atoms with E-state index in [1.54, 1.807) is 12.1 Å². The summed E-state index contributed by atoms with van der Waals surface area (Å²) >= 11 is 0. The Morgan fingerprint density at radius 2 is 1.90 bits per heavy atom. The van der Waals surface area contributed by atoms with E-state index in [-0.39, 0.29) is 16.8 Å². The number of hydrogen-bond acceptors (Lipinski definition) is 2. The van der Waals surface area contributed by atoms with Gasteiger partial charge in [0.1, 0.15) is 0 Å². The molecule has 6 heteroatoms. The second-order valence-corrected chi connectivity index (χ2v) is 5.68. The summed E-state index contributed by atoms with van der Waals surface area (Å²) in [7, 11) is 0. The van der Waals surface area contributed by atoms with E-state index in [1.165, 1.54) is 0 Å². The molecule has 1 aliphatic rings. The van der Waals surface area contributed by atoms with Gasteiger partial charge in [-0.1, -0.05) is 13.8 Å². The highest BCUT2D eigenvalue weighted by Gasteiger charge is 2.34. The molecule has 2 heterocycles. The molecule has 0 radical (unpaired) electrons. The molecule has 2 aromatic rings. The van der Waals surface area contributed by atoms with Gasteiger partial charge in [-0.3, -0.25) is 4.79 Å². The number of fused-ring (bicyclic) bond motifs is 2. The zero-order valence-electron chi connectivity index (χ0n) is 11.6. The number of H-pyrrole nitrogens is 1. The Kier molecular flexibility index (Phi) is 3.00. The van der Waals surface area contributed by atoms with Crippen LogP contribution in [-0.4, -0.2) is 11.5 Å². The van der Waals surface area contributed by atoms with Gasteiger partial charge in [-0.25, -0.2) is 0 Å². The Hall–Kier alpha value is -1.98. The number of halogens is 3. The lowest BCUT2D eigenvalue weighted by Crippen LogP contribution is -2.24. The van der Waals surface area contributed by atoms with E-state index >= 15 is 0 Å². The third-order valence-electron chi connectivity index (χ3n) is 4.28. The average Bonchev–Trinajstić information content (AvgIpc) is 2.39. The van der Waals surface area contributed by atoms with E-state index in [9.17, 15) is 18.0 Å². The third kappa shape index (κ3) is 2.28. The number of pyridine rings is 1. The lowest BCUT2D eigenvalue weighted by Gasteiger charge is -2.30. The number of alkyl halides is 3.